The number of esters is 1. The zero-order valence-electron chi connectivity index (χ0n) is 13.9. The Hall–Kier alpha value is -3.17. The van der Waals surface area contributed by atoms with E-state index in [1.54, 1.807) is 0 Å². The zero-order chi connectivity index (χ0) is 20.3. The number of ether oxygens (including phenoxy) is 2. The molecule has 0 aromatic heterocycles. The van der Waals surface area contributed by atoms with E-state index in [1.807, 2.05) is 0 Å². The molecule has 0 fully saturated rings. The average Bonchev–Trinajstić information content (AvgIpc) is 2.67. The quantitative estimate of drug-likeness (QED) is 0.368. The highest BCUT2D eigenvalue weighted by Crippen LogP contribution is 2.30. The van der Waals surface area contributed by atoms with E-state index in [0.717, 1.165) is 14.0 Å². The fraction of sp³-hybridized carbons (Fsp3) is 0.176. The molecule has 0 aliphatic heterocycles. The highest BCUT2D eigenvalue weighted by atomic mass is 19.2. The molecule has 10 heteroatoms. The predicted molar refractivity (Wildman–Crippen MR) is 82.7 cm³/mol. The summed E-state index contributed by atoms with van der Waals surface area (Å²) in [6.07, 6.45) is -1.66. The van der Waals surface area contributed by atoms with Crippen LogP contribution in [0.1, 0.15) is 17.3 Å². The van der Waals surface area contributed by atoms with Gasteiger partial charge >= 0.3 is 5.97 Å². The van der Waals surface area contributed by atoms with Crippen molar-refractivity contribution < 1.29 is 41.0 Å². The highest BCUT2D eigenvalue weighted by molar-refractivity contribution is 6.02. The van der Waals surface area contributed by atoms with Crippen LogP contribution in [0.4, 0.5) is 27.6 Å². The maximum absolute atomic E-state index is 13.6. The number of hydrogen-bond acceptors (Lipinski definition) is 4. The first kappa shape index (κ1) is 20.1. The third-order valence-corrected chi connectivity index (χ3v) is 3.42. The van der Waals surface area contributed by atoms with Crippen molar-refractivity contribution in [3.8, 4) is 5.75 Å². The maximum Gasteiger partial charge on any atom is 0.339 e. The Kier molecular flexibility index (Phi) is 5.98. The normalized spacial score (nSPS) is 11.7. The van der Waals surface area contributed by atoms with Crippen molar-refractivity contribution in [2.24, 2.45) is 0 Å². The van der Waals surface area contributed by atoms with Crippen LogP contribution in [-0.2, 0) is 9.53 Å². The largest absolute Gasteiger partial charge is 0.474 e. The molecule has 1 atom stereocenters. The number of anilines is 1. The lowest BCUT2D eigenvalue weighted by Crippen LogP contribution is -2.31. The molecule has 1 N–H and O–H groups in total. The number of methoxy groups -OCH3 is 1. The molecule has 2 aromatic carbocycles. The van der Waals surface area contributed by atoms with Gasteiger partial charge in [0.1, 0.15) is 0 Å². The van der Waals surface area contributed by atoms with Crippen molar-refractivity contribution in [3.05, 3.63) is 58.9 Å². The third kappa shape index (κ3) is 3.99. The van der Waals surface area contributed by atoms with Crippen molar-refractivity contribution in [2.45, 2.75) is 13.0 Å². The van der Waals surface area contributed by atoms with Crippen LogP contribution in [0.25, 0.3) is 0 Å². The first-order chi connectivity index (χ1) is 12.7. The van der Waals surface area contributed by atoms with Crippen LogP contribution < -0.4 is 10.1 Å². The van der Waals surface area contributed by atoms with Gasteiger partial charge in [-0.15, -0.1) is 0 Å². The predicted octanol–water partition coefficient (Wildman–Crippen LogP) is 3.57. The number of rotatable bonds is 5. The number of nitrogens with one attached hydrogen (secondary N) is 1. The van der Waals surface area contributed by atoms with Gasteiger partial charge < -0.3 is 14.8 Å². The molecule has 0 saturated heterocycles. The van der Waals surface area contributed by atoms with Crippen molar-refractivity contribution in [1.29, 1.82) is 0 Å². The standard InChI is InChI=1S/C17H12F5NO4/c1-7(27-15-13(21)11(19)10(18)12(20)14(15)22)16(24)23-9-6-4-3-5-8(9)17(25)26-2/h3-7H,1-2H3,(H,23,24)/t7-/m1/s1. The summed E-state index contributed by atoms with van der Waals surface area (Å²) in [6.45, 7) is 1.02. The summed E-state index contributed by atoms with van der Waals surface area (Å²) in [5.74, 6) is -14.5. The summed E-state index contributed by atoms with van der Waals surface area (Å²) in [6, 6.07) is 5.67. The molecule has 0 spiro atoms. The average molecular weight is 389 g/mol. The first-order valence-corrected chi connectivity index (χ1v) is 7.35. The molecule has 27 heavy (non-hydrogen) atoms. The van der Waals surface area contributed by atoms with Gasteiger partial charge in [-0.25, -0.2) is 18.0 Å². The molecule has 0 heterocycles. The van der Waals surface area contributed by atoms with E-state index in [-0.39, 0.29) is 11.3 Å². The van der Waals surface area contributed by atoms with Gasteiger partial charge in [-0.05, 0) is 19.1 Å². The van der Waals surface area contributed by atoms with Crippen LogP contribution >= 0.6 is 0 Å². The first-order valence-electron chi connectivity index (χ1n) is 7.35. The Balaban J connectivity index is 2.25. The number of hydrogen-bond donors (Lipinski definition) is 1. The number of halogens is 5. The number of amides is 1. The lowest BCUT2D eigenvalue weighted by atomic mass is 10.1. The fourth-order valence-electron chi connectivity index (χ4n) is 2.03. The molecule has 1 amide bonds. The van der Waals surface area contributed by atoms with Gasteiger partial charge in [0.15, 0.2) is 11.9 Å². The molecule has 5 nitrogen and oxygen atoms in total. The van der Waals surface area contributed by atoms with Gasteiger partial charge in [-0.2, -0.15) is 8.78 Å². The molecule has 0 aliphatic rings. The smallest absolute Gasteiger partial charge is 0.339 e. The van der Waals surface area contributed by atoms with Crippen LogP contribution in [0.5, 0.6) is 5.75 Å². The molecule has 0 saturated carbocycles. The molecule has 2 rings (SSSR count). The van der Waals surface area contributed by atoms with Crippen molar-refractivity contribution in [1.82, 2.24) is 0 Å². The van der Waals surface area contributed by atoms with Crippen molar-refractivity contribution >= 4 is 17.6 Å². The summed E-state index contributed by atoms with van der Waals surface area (Å²) in [5, 5.41) is 2.25. The van der Waals surface area contributed by atoms with E-state index in [2.05, 4.69) is 14.8 Å². The van der Waals surface area contributed by atoms with Crippen LogP contribution in [0, 0.1) is 29.1 Å². The Bertz CT molecular complexity index is 874. The van der Waals surface area contributed by atoms with E-state index in [1.165, 1.54) is 24.3 Å². The number of para-hydroxylation sites is 1. The summed E-state index contributed by atoms with van der Waals surface area (Å²) in [4.78, 5) is 23.8. The maximum atomic E-state index is 13.6. The minimum atomic E-state index is -2.35. The lowest BCUT2D eigenvalue weighted by molar-refractivity contribution is -0.122. The number of benzene rings is 2. The van der Waals surface area contributed by atoms with Gasteiger partial charge in [0.2, 0.25) is 29.1 Å². The zero-order valence-corrected chi connectivity index (χ0v) is 13.9. The van der Waals surface area contributed by atoms with E-state index in [4.69, 9.17) is 0 Å². The van der Waals surface area contributed by atoms with Gasteiger partial charge in [-0.1, -0.05) is 12.1 Å². The van der Waals surface area contributed by atoms with Crippen LogP contribution in [0.2, 0.25) is 0 Å². The Morgan fingerprint density at radius 2 is 1.44 bits per heavy atom. The number of carbonyl (C=O) groups excluding carboxylic acids is 2. The van der Waals surface area contributed by atoms with Crippen LogP contribution in [0.15, 0.2) is 24.3 Å². The Morgan fingerprint density at radius 3 is 2.00 bits per heavy atom. The van der Waals surface area contributed by atoms with Gasteiger partial charge in [0, 0.05) is 0 Å². The van der Waals surface area contributed by atoms with Gasteiger partial charge in [-0.3, -0.25) is 4.79 Å². The minimum Gasteiger partial charge on any atom is -0.474 e. The summed E-state index contributed by atoms with van der Waals surface area (Å²) in [5.41, 5.74) is -0.0148. The van der Waals surface area contributed by atoms with Crippen LogP contribution in [0.3, 0.4) is 0 Å². The molecule has 0 unspecified atom stereocenters. The number of carbonyl (C=O) groups is 2. The fourth-order valence-corrected chi connectivity index (χ4v) is 2.03. The Morgan fingerprint density at radius 1 is 0.926 bits per heavy atom. The lowest BCUT2D eigenvalue weighted by Gasteiger charge is -2.17. The van der Waals surface area contributed by atoms with E-state index < -0.39 is 52.8 Å². The molecule has 2 aromatic rings. The monoisotopic (exact) mass is 389 g/mol. The topological polar surface area (TPSA) is 64.6 Å². The third-order valence-electron chi connectivity index (χ3n) is 3.42. The second-order valence-electron chi connectivity index (χ2n) is 5.19. The second-order valence-corrected chi connectivity index (χ2v) is 5.19. The van der Waals surface area contributed by atoms with Gasteiger partial charge in [0.05, 0.1) is 18.4 Å². The van der Waals surface area contributed by atoms with E-state index >= 15 is 0 Å². The highest BCUT2D eigenvalue weighted by Gasteiger charge is 2.29. The summed E-state index contributed by atoms with van der Waals surface area (Å²) < 4.78 is 75.8. The molecule has 144 valence electrons. The van der Waals surface area contributed by atoms with Crippen LogP contribution in [-0.4, -0.2) is 25.1 Å². The Labute approximate surface area is 149 Å². The molecular weight excluding hydrogens is 377 g/mol. The second kappa shape index (κ2) is 8.02. The summed E-state index contributed by atoms with van der Waals surface area (Å²) >= 11 is 0. The molecular formula is C17H12F5NO4. The molecule has 0 aliphatic carbocycles. The molecule has 0 radical (unpaired) electrons. The van der Waals surface area contributed by atoms with Gasteiger partial charge in [0.25, 0.3) is 5.91 Å². The molecule has 0 bridgehead atoms. The van der Waals surface area contributed by atoms with Crippen molar-refractivity contribution in [3.63, 3.8) is 0 Å². The van der Waals surface area contributed by atoms with E-state index in [0.29, 0.717) is 0 Å². The van der Waals surface area contributed by atoms with Crippen molar-refractivity contribution in [2.75, 3.05) is 12.4 Å². The summed E-state index contributed by atoms with van der Waals surface area (Å²) in [7, 11) is 1.12. The van der Waals surface area contributed by atoms with E-state index in [9.17, 15) is 31.5 Å². The minimum absolute atomic E-state index is 0.00205. The SMILES string of the molecule is COC(=O)c1ccccc1NC(=O)[C@@H](C)Oc1c(F)c(F)c(F)c(F)c1F.